The summed E-state index contributed by atoms with van der Waals surface area (Å²) in [4.78, 5) is 2.04. The summed E-state index contributed by atoms with van der Waals surface area (Å²) in [5, 5.41) is 8.91. The first-order valence-corrected chi connectivity index (χ1v) is 5.77. The molecular formula is C15H15N3. The number of anilines is 2. The summed E-state index contributed by atoms with van der Waals surface area (Å²) in [6, 6.07) is 17.8. The minimum Gasteiger partial charge on any atom is -0.345 e. The Morgan fingerprint density at radius 3 is 2.44 bits per heavy atom. The fraction of sp³-hybridized carbons (Fsp3) is 0.133. The molecular weight excluding hydrogens is 222 g/mol. The first-order valence-electron chi connectivity index (χ1n) is 5.77. The number of benzene rings is 2. The highest BCUT2D eigenvalue weighted by molar-refractivity contribution is 5.64. The monoisotopic (exact) mass is 237 g/mol. The fourth-order valence-corrected chi connectivity index (χ4v) is 1.83. The van der Waals surface area contributed by atoms with Crippen LogP contribution in [0, 0.1) is 11.3 Å². The van der Waals surface area contributed by atoms with Crippen molar-refractivity contribution in [3.63, 3.8) is 0 Å². The van der Waals surface area contributed by atoms with Gasteiger partial charge in [-0.25, -0.2) is 0 Å². The fourth-order valence-electron chi connectivity index (χ4n) is 1.83. The molecule has 3 nitrogen and oxygen atoms in total. The molecule has 0 bridgehead atoms. The predicted molar refractivity (Wildman–Crippen MR) is 73.6 cm³/mol. The molecule has 2 aromatic rings. The van der Waals surface area contributed by atoms with Gasteiger partial charge < -0.3 is 10.6 Å². The lowest BCUT2D eigenvalue weighted by Gasteiger charge is -2.20. The van der Waals surface area contributed by atoms with E-state index in [0.717, 1.165) is 16.9 Å². The van der Waals surface area contributed by atoms with E-state index in [2.05, 4.69) is 12.1 Å². The Kier molecular flexibility index (Phi) is 3.61. The van der Waals surface area contributed by atoms with Crippen LogP contribution in [0.5, 0.6) is 0 Å². The maximum Gasteiger partial charge on any atom is 0.0992 e. The highest BCUT2D eigenvalue weighted by atomic mass is 15.1. The summed E-state index contributed by atoms with van der Waals surface area (Å²) in [5.41, 5.74) is 9.45. The molecule has 3 heteroatoms. The summed E-state index contributed by atoms with van der Waals surface area (Å²) in [6.45, 7) is 0.528. The van der Waals surface area contributed by atoms with Gasteiger partial charge in [-0.15, -0.1) is 0 Å². The zero-order valence-corrected chi connectivity index (χ0v) is 10.3. The molecule has 2 rings (SSSR count). The highest BCUT2D eigenvalue weighted by Crippen LogP contribution is 2.24. The Labute approximate surface area is 107 Å². The van der Waals surface area contributed by atoms with E-state index in [-0.39, 0.29) is 0 Å². The molecule has 0 aliphatic heterocycles. The molecule has 0 aromatic heterocycles. The first kappa shape index (κ1) is 12.2. The number of rotatable bonds is 3. The van der Waals surface area contributed by atoms with Crippen LogP contribution in [-0.4, -0.2) is 7.05 Å². The van der Waals surface area contributed by atoms with Crippen molar-refractivity contribution in [2.45, 2.75) is 6.54 Å². The van der Waals surface area contributed by atoms with Gasteiger partial charge in [0.1, 0.15) is 0 Å². The van der Waals surface area contributed by atoms with Crippen molar-refractivity contribution in [3.05, 3.63) is 59.7 Å². The molecule has 0 radical (unpaired) electrons. The SMILES string of the molecule is CN(c1cccc(C#N)c1)c1cccc(CN)c1. The standard InChI is InChI=1S/C15H15N3/c1-18(14-6-2-4-12(8-14)10-16)15-7-3-5-13(9-15)11-17/h2-9H,10,16H2,1H3. The van der Waals surface area contributed by atoms with E-state index in [1.54, 1.807) is 6.07 Å². The lowest BCUT2D eigenvalue weighted by Crippen LogP contribution is -2.10. The Balaban J connectivity index is 2.35. The van der Waals surface area contributed by atoms with E-state index >= 15 is 0 Å². The maximum atomic E-state index is 8.91. The van der Waals surface area contributed by atoms with E-state index in [0.29, 0.717) is 12.1 Å². The van der Waals surface area contributed by atoms with E-state index in [9.17, 15) is 0 Å². The lowest BCUT2D eigenvalue weighted by molar-refractivity contribution is 1.06. The average molecular weight is 237 g/mol. The van der Waals surface area contributed by atoms with E-state index in [4.69, 9.17) is 11.0 Å². The van der Waals surface area contributed by atoms with Gasteiger partial charge in [-0.05, 0) is 35.9 Å². The van der Waals surface area contributed by atoms with Crippen molar-refractivity contribution in [2.75, 3.05) is 11.9 Å². The highest BCUT2D eigenvalue weighted by Gasteiger charge is 2.05. The average Bonchev–Trinajstić information content (AvgIpc) is 2.46. The zero-order chi connectivity index (χ0) is 13.0. The normalized spacial score (nSPS) is 9.83. The third kappa shape index (κ3) is 2.50. The van der Waals surface area contributed by atoms with Crippen LogP contribution in [-0.2, 0) is 6.54 Å². The maximum absolute atomic E-state index is 8.91. The molecule has 0 unspecified atom stereocenters. The van der Waals surface area contributed by atoms with Crippen molar-refractivity contribution in [2.24, 2.45) is 5.73 Å². The second-order valence-electron chi connectivity index (χ2n) is 4.10. The molecule has 0 saturated heterocycles. The zero-order valence-electron chi connectivity index (χ0n) is 10.3. The van der Waals surface area contributed by atoms with Crippen molar-refractivity contribution >= 4 is 11.4 Å². The first-order chi connectivity index (χ1) is 8.74. The minimum atomic E-state index is 0.528. The van der Waals surface area contributed by atoms with Crippen LogP contribution >= 0.6 is 0 Å². The van der Waals surface area contributed by atoms with Gasteiger partial charge in [0.15, 0.2) is 0 Å². The smallest absolute Gasteiger partial charge is 0.0992 e. The number of hydrogen-bond acceptors (Lipinski definition) is 3. The molecule has 0 saturated carbocycles. The predicted octanol–water partition coefficient (Wildman–Crippen LogP) is 2.78. The quantitative estimate of drug-likeness (QED) is 0.893. The van der Waals surface area contributed by atoms with Gasteiger partial charge in [0.25, 0.3) is 0 Å². The van der Waals surface area contributed by atoms with Gasteiger partial charge in [-0.3, -0.25) is 0 Å². The van der Waals surface area contributed by atoms with Crippen LogP contribution in [0.15, 0.2) is 48.5 Å². The molecule has 18 heavy (non-hydrogen) atoms. The largest absolute Gasteiger partial charge is 0.345 e. The molecule has 0 heterocycles. The van der Waals surface area contributed by atoms with Crippen LogP contribution in [0.4, 0.5) is 11.4 Å². The summed E-state index contributed by atoms with van der Waals surface area (Å²) in [7, 11) is 1.98. The van der Waals surface area contributed by atoms with E-state index in [1.807, 2.05) is 48.3 Å². The number of nitrogens with zero attached hydrogens (tertiary/aromatic N) is 2. The van der Waals surface area contributed by atoms with Crippen molar-refractivity contribution in [1.82, 2.24) is 0 Å². The Bertz CT molecular complexity index is 584. The minimum absolute atomic E-state index is 0.528. The molecule has 0 aliphatic carbocycles. The molecule has 0 spiro atoms. The molecule has 90 valence electrons. The second kappa shape index (κ2) is 5.35. The van der Waals surface area contributed by atoms with Crippen LogP contribution in [0.25, 0.3) is 0 Å². The van der Waals surface area contributed by atoms with Crippen molar-refractivity contribution < 1.29 is 0 Å². The van der Waals surface area contributed by atoms with Gasteiger partial charge in [-0.1, -0.05) is 18.2 Å². The van der Waals surface area contributed by atoms with Gasteiger partial charge in [0, 0.05) is 25.0 Å². The summed E-state index contributed by atoms with van der Waals surface area (Å²) in [6.07, 6.45) is 0. The number of nitrogens with two attached hydrogens (primary N) is 1. The van der Waals surface area contributed by atoms with Crippen LogP contribution in [0.3, 0.4) is 0 Å². The van der Waals surface area contributed by atoms with Gasteiger partial charge in [0.05, 0.1) is 11.6 Å². The molecule has 2 N–H and O–H groups in total. The topological polar surface area (TPSA) is 53.0 Å². The molecule has 0 aliphatic rings. The number of nitriles is 1. The van der Waals surface area contributed by atoms with Crippen LogP contribution in [0.1, 0.15) is 11.1 Å². The van der Waals surface area contributed by atoms with Crippen molar-refractivity contribution in [3.8, 4) is 6.07 Å². The summed E-state index contributed by atoms with van der Waals surface area (Å²) < 4.78 is 0. The van der Waals surface area contributed by atoms with E-state index < -0.39 is 0 Å². The molecule has 0 amide bonds. The molecule has 0 fully saturated rings. The summed E-state index contributed by atoms with van der Waals surface area (Å²) in [5.74, 6) is 0. The van der Waals surface area contributed by atoms with Gasteiger partial charge in [-0.2, -0.15) is 5.26 Å². The van der Waals surface area contributed by atoms with E-state index in [1.165, 1.54) is 0 Å². The molecule has 2 aromatic carbocycles. The Hall–Kier alpha value is -2.31. The van der Waals surface area contributed by atoms with Crippen molar-refractivity contribution in [1.29, 1.82) is 5.26 Å². The van der Waals surface area contributed by atoms with Crippen LogP contribution in [0.2, 0.25) is 0 Å². The Morgan fingerprint density at radius 1 is 1.11 bits per heavy atom. The summed E-state index contributed by atoms with van der Waals surface area (Å²) >= 11 is 0. The van der Waals surface area contributed by atoms with Crippen LogP contribution < -0.4 is 10.6 Å². The Morgan fingerprint density at radius 2 is 1.78 bits per heavy atom. The molecule has 0 atom stereocenters. The number of hydrogen-bond donors (Lipinski definition) is 1. The third-order valence-electron chi connectivity index (χ3n) is 2.90. The third-order valence-corrected chi connectivity index (χ3v) is 2.90. The second-order valence-corrected chi connectivity index (χ2v) is 4.10. The van der Waals surface area contributed by atoms with Gasteiger partial charge >= 0.3 is 0 Å². The van der Waals surface area contributed by atoms with Gasteiger partial charge in [0.2, 0.25) is 0 Å². The lowest BCUT2D eigenvalue weighted by atomic mass is 10.1.